The lowest BCUT2D eigenvalue weighted by atomic mass is 10.2. The zero-order valence-electron chi connectivity index (χ0n) is 8.86. The highest BCUT2D eigenvalue weighted by molar-refractivity contribution is 5.40. The van der Waals surface area contributed by atoms with Crippen molar-refractivity contribution in [2.45, 2.75) is 12.8 Å². The number of aromatic nitrogens is 2. The number of aliphatic hydroxyl groups excluding tert-OH is 1. The summed E-state index contributed by atoms with van der Waals surface area (Å²) in [4.78, 5) is 23.0. The molecule has 1 rings (SSSR count). The first-order chi connectivity index (χ1) is 7.00. The highest BCUT2D eigenvalue weighted by Crippen LogP contribution is 2.05. The van der Waals surface area contributed by atoms with Gasteiger partial charge in [0.05, 0.1) is 5.69 Å². The summed E-state index contributed by atoms with van der Waals surface area (Å²) in [5, 5.41) is 8.69. The molecule has 3 N–H and O–H groups in total. The molecule has 0 bridgehead atoms. The molecule has 0 aromatic carbocycles. The second-order valence-corrected chi connectivity index (χ2v) is 3.39. The molecule has 0 saturated carbocycles. The first-order valence-corrected chi connectivity index (χ1v) is 4.66. The third kappa shape index (κ3) is 1.94. The quantitative estimate of drug-likeness (QED) is 0.645. The molecular formula is C9H15N3O3. The lowest BCUT2D eigenvalue weighted by Crippen LogP contribution is -2.40. The van der Waals surface area contributed by atoms with Crippen molar-refractivity contribution in [3.8, 4) is 0 Å². The summed E-state index contributed by atoms with van der Waals surface area (Å²) in [6.07, 6.45) is 0.898. The fourth-order valence-electron chi connectivity index (χ4n) is 1.46. The van der Waals surface area contributed by atoms with Crippen LogP contribution in [0.1, 0.15) is 12.1 Å². The molecule has 15 heavy (non-hydrogen) atoms. The van der Waals surface area contributed by atoms with Crippen LogP contribution in [0, 0.1) is 0 Å². The van der Waals surface area contributed by atoms with Gasteiger partial charge in [0.15, 0.2) is 0 Å². The van der Waals surface area contributed by atoms with Gasteiger partial charge in [-0.05, 0) is 12.8 Å². The third-order valence-corrected chi connectivity index (χ3v) is 2.40. The second-order valence-electron chi connectivity index (χ2n) is 3.39. The highest BCUT2D eigenvalue weighted by atomic mass is 16.3. The summed E-state index contributed by atoms with van der Waals surface area (Å²) < 4.78 is 2.31. The number of nitrogens with two attached hydrogens (primary N) is 1. The molecule has 84 valence electrons. The number of nitrogens with zero attached hydrogens (tertiary/aromatic N) is 2. The van der Waals surface area contributed by atoms with Crippen molar-refractivity contribution >= 4 is 5.69 Å². The summed E-state index contributed by atoms with van der Waals surface area (Å²) in [7, 11) is 2.95. The van der Waals surface area contributed by atoms with Crippen molar-refractivity contribution < 1.29 is 5.11 Å². The molecule has 0 atom stereocenters. The van der Waals surface area contributed by atoms with Gasteiger partial charge in [0.1, 0.15) is 5.69 Å². The molecular weight excluding hydrogens is 198 g/mol. The fourth-order valence-corrected chi connectivity index (χ4v) is 1.46. The molecule has 1 heterocycles. The number of nitrogen functional groups attached to an aromatic ring is 1. The smallest absolute Gasteiger partial charge is 0.330 e. The summed E-state index contributed by atoms with van der Waals surface area (Å²) in [5.74, 6) is 0. The van der Waals surface area contributed by atoms with Gasteiger partial charge in [-0.25, -0.2) is 4.79 Å². The van der Waals surface area contributed by atoms with E-state index in [2.05, 4.69) is 0 Å². The van der Waals surface area contributed by atoms with Crippen LogP contribution in [0.5, 0.6) is 0 Å². The third-order valence-electron chi connectivity index (χ3n) is 2.40. The van der Waals surface area contributed by atoms with Crippen LogP contribution >= 0.6 is 0 Å². The van der Waals surface area contributed by atoms with E-state index in [0.717, 1.165) is 4.57 Å². The lowest BCUT2D eigenvalue weighted by molar-refractivity contribution is 0.287. The van der Waals surface area contributed by atoms with Crippen molar-refractivity contribution in [2.75, 3.05) is 12.3 Å². The average Bonchev–Trinajstić information content (AvgIpc) is 2.24. The van der Waals surface area contributed by atoms with E-state index in [-0.39, 0.29) is 12.3 Å². The standard InChI is InChI=1S/C9H15N3O3/c1-11-6(4-3-5-13)7(10)8(14)12(2)9(11)15/h13H,3-5,10H2,1-2H3. The Labute approximate surface area is 86.6 Å². The molecule has 1 aromatic heterocycles. The Morgan fingerprint density at radius 2 is 1.87 bits per heavy atom. The molecule has 0 aliphatic carbocycles. The highest BCUT2D eigenvalue weighted by Gasteiger charge is 2.11. The monoisotopic (exact) mass is 213 g/mol. The molecule has 0 amide bonds. The van der Waals surface area contributed by atoms with Crippen LogP contribution in [-0.4, -0.2) is 20.8 Å². The van der Waals surface area contributed by atoms with Crippen LogP contribution in [0.4, 0.5) is 5.69 Å². The zero-order valence-corrected chi connectivity index (χ0v) is 8.86. The maximum absolute atomic E-state index is 11.5. The van der Waals surface area contributed by atoms with Gasteiger partial charge >= 0.3 is 5.69 Å². The van der Waals surface area contributed by atoms with Gasteiger partial charge in [0.2, 0.25) is 0 Å². The van der Waals surface area contributed by atoms with Crippen molar-refractivity contribution in [2.24, 2.45) is 14.1 Å². The topological polar surface area (TPSA) is 90.2 Å². The van der Waals surface area contributed by atoms with E-state index in [4.69, 9.17) is 10.8 Å². The zero-order chi connectivity index (χ0) is 11.6. The molecule has 0 spiro atoms. The van der Waals surface area contributed by atoms with Crippen molar-refractivity contribution in [3.05, 3.63) is 26.5 Å². The second kappa shape index (κ2) is 4.31. The van der Waals surface area contributed by atoms with Crippen LogP contribution in [0.2, 0.25) is 0 Å². The van der Waals surface area contributed by atoms with Crippen molar-refractivity contribution in [3.63, 3.8) is 0 Å². The molecule has 0 aliphatic heterocycles. The van der Waals surface area contributed by atoms with E-state index < -0.39 is 11.2 Å². The normalized spacial score (nSPS) is 10.6. The van der Waals surface area contributed by atoms with Gasteiger partial charge in [0, 0.05) is 20.7 Å². The van der Waals surface area contributed by atoms with E-state index in [0.29, 0.717) is 18.5 Å². The number of aliphatic hydroxyl groups is 1. The molecule has 0 fully saturated rings. The Bertz CT molecular complexity index is 435. The molecule has 0 radical (unpaired) electrons. The van der Waals surface area contributed by atoms with Gasteiger partial charge in [-0.1, -0.05) is 0 Å². The van der Waals surface area contributed by atoms with Crippen molar-refractivity contribution in [1.29, 1.82) is 0 Å². The van der Waals surface area contributed by atoms with E-state index in [9.17, 15) is 9.59 Å². The van der Waals surface area contributed by atoms with Crippen LogP contribution in [0.3, 0.4) is 0 Å². The van der Waals surface area contributed by atoms with E-state index in [1.807, 2.05) is 0 Å². The Morgan fingerprint density at radius 3 is 2.40 bits per heavy atom. The molecule has 0 aliphatic rings. The number of hydrogen-bond donors (Lipinski definition) is 2. The van der Waals surface area contributed by atoms with Gasteiger partial charge < -0.3 is 10.8 Å². The van der Waals surface area contributed by atoms with Gasteiger partial charge in [0.25, 0.3) is 5.56 Å². The predicted molar refractivity (Wildman–Crippen MR) is 56.7 cm³/mol. The first kappa shape index (κ1) is 11.5. The largest absolute Gasteiger partial charge is 0.396 e. The average molecular weight is 213 g/mol. The van der Waals surface area contributed by atoms with Crippen molar-refractivity contribution in [1.82, 2.24) is 9.13 Å². The van der Waals surface area contributed by atoms with E-state index in [1.165, 1.54) is 11.6 Å². The predicted octanol–water partition coefficient (Wildman–Crippen LogP) is -1.41. The Kier molecular flexibility index (Phi) is 3.31. The van der Waals surface area contributed by atoms with Crippen LogP contribution in [0.15, 0.2) is 9.59 Å². The molecule has 6 nitrogen and oxygen atoms in total. The molecule has 6 heteroatoms. The van der Waals surface area contributed by atoms with Gasteiger partial charge in [-0.2, -0.15) is 0 Å². The lowest BCUT2D eigenvalue weighted by Gasteiger charge is -2.11. The first-order valence-electron chi connectivity index (χ1n) is 4.66. The number of anilines is 1. The summed E-state index contributed by atoms with van der Waals surface area (Å²) >= 11 is 0. The SMILES string of the molecule is Cn1c(CCCO)c(N)c(=O)n(C)c1=O. The van der Waals surface area contributed by atoms with Crippen LogP contribution < -0.4 is 17.0 Å². The maximum atomic E-state index is 11.5. The minimum absolute atomic E-state index is 0.00282. The van der Waals surface area contributed by atoms with E-state index in [1.54, 1.807) is 7.05 Å². The van der Waals surface area contributed by atoms with Crippen LogP contribution in [-0.2, 0) is 20.5 Å². The Balaban J connectivity index is 3.39. The van der Waals surface area contributed by atoms with Gasteiger partial charge in [-0.15, -0.1) is 0 Å². The maximum Gasteiger partial charge on any atom is 0.330 e. The Hall–Kier alpha value is -1.56. The number of rotatable bonds is 3. The molecule has 0 unspecified atom stereocenters. The summed E-state index contributed by atoms with van der Waals surface area (Å²) in [5.41, 5.74) is 5.30. The summed E-state index contributed by atoms with van der Waals surface area (Å²) in [6.45, 7) is 0.00282. The fraction of sp³-hybridized carbons (Fsp3) is 0.556. The van der Waals surface area contributed by atoms with E-state index >= 15 is 0 Å². The Morgan fingerprint density at radius 1 is 1.27 bits per heavy atom. The van der Waals surface area contributed by atoms with Gasteiger partial charge in [-0.3, -0.25) is 13.9 Å². The number of hydrogen-bond acceptors (Lipinski definition) is 4. The minimum Gasteiger partial charge on any atom is -0.396 e. The molecule has 0 saturated heterocycles. The minimum atomic E-state index is -0.481. The molecule has 1 aromatic rings. The van der Waals surface area contributed by atoms with Crippen LogP contribution in [0.25, 0.3) is 0 Å². The summed E-state index contributed by atoms with van der Waals surface area (Å²) in [6, 6.07) is 0.